The predicted octanol–water partition coefficient (Wildman–Crippen LogP) is 1.63. The lowest BCUT2D eigenvalue weighted by Crippen LogP contribution is -2.28. The van der Waals surface area contributed by atoms with Gasteiger partial charge in [0.15, 0.2) is 17.2 Å². The van der Waals surface area contributed by atoms with Crippen LogP contribution in [0.5, 0.6) is 5.75 Å². The van der Waals surface area contributed by atoms with Gasteiger partial charge in [-0.05, 0) is 38.9 Å². The van der Waals surface area contributed by atoms with Crippen LogP contribution < -0.4 is 0 Å². The number of aromatic nitrogens is 3. The highest BCUT2D eigenvalue weighted by atomic mass is 16.3. The Hall–Kier alpha value is -1.62. The Morgan fingerprint density at radius 2 is 2.28 bits per heavy atom. The minimum Gasteiger partial charge on any atom is -0.504 e. The van der Waals surface area contributed by atoms with Gasteiger partial charge < -0.3 is 10.0 Å². The molecule has 96 valence electrons. The van der Waals surface area contributed by atoms with Crippen LogP contribution in [-0.2, 0) is 0 Å². The molecule has 0 aromatic carbocycles. The summed E-state index contributed by atoms with van der Waals surface area (Å²) in [7, 11) is 0. The van der Waals surface area contributed by atoms with Gasteiger partial charge in [-0.1, -0.05) is 0 Å². The second-order valence-electron chi connectivity index (χ2n) is 5.21. The highest BCUT2D eigenvalue weighted by molar-refractivity contribution is 5.51. The van der Waals surface area contributed by atoms with Crippen LogP contribution in [0, 0.1) is 0 Å². The third-order valence-corrected chi connectivity index (χ3v) is 3.67. The molecule has 0 saturated carbocycles. The molecule has 18 heavy (non-hydrogen) atoms. The zero-order chi connectivity index (χ0) is 12.7. The van der Waals surface area contributed by atoms with Gasteiger partial charge in [0.1, 0.15) is 0 Å². The molecule has 5 nitrogen and oxygen atoms in total. The monoisotopic (exact) mass is 246 g/mol. The molecule has 1 N–H and O–H groups in total. The van der Waals surface area contributed by atoms with Gasteiger partial charge >= 0.3 is 0 Å². The minimum absolute atomic E-state index is 0.190. The fourth-order valence-corrected chi connectivity index (χ4v) is 2.55. The van der Waals surface area contributed by atoms with Gasteiger partial charge in [-0.15, -0.1) is 0 Å². The van der Waals surface area contributed by atoms with Crippen molar-refractivity contribution in [2.45, 2.75) is 32.2 Å². The van der Waals surface area contributed by atoms with E-state index in [2.05, 4.69) is 28.8 Å². The molecule has 1 saturated heterocycles. The Bertz CT molecular complexity index is 563. The minimum atomic E-state index is 0.190. The van der Waals surface area contributed by atoms with Gasteiger partial charge in [-0.25, -0.2) is 9.50 Å². The summed E-state index contributed by atoms with van der Waals surface area (Å²) < 4.78 is 1.66. The Kier molecular flexibility index (Phi) is 2.70. The van der Waals surface area contributed by atoms with E-state index >= 15 is 0 Å². The van der Waals surface area contributed by atoms with Crippen molar-refractivity contribution in [3.63, 3.8) is 0 Å². The van der Waals surface area contributed by atoms with E-state index in [0.717, 1.165) is 25.3 Å². The van der Waals surface area contributed by atoms with Gasteiger partial charge in [-0.2, -0.15) is 5.10 Å². The molecule has 0 bridgehead atoms. The maximum atomic E-state index is 9.73. The van der Waals surface area contributed by atoms with Crippen LogP contribution in [0.25, 0.3) is 5.65 Å². The molecule has 5 heteroatoms. The Balaban J connectivity index is 1.89. The Morgan fingerprint density at radius 1 is 1.44 bits per heavy atom. The summed E-state index contributed by atoms with van der Waals surface area (Å²) in [6.07, 6.45) is 2.91. The molecule has 2 aromatic rings. The zero-order valence-electron chi connectivity index (χ0n) is 10.7. The van der Waals surface area contributed by atoms with Crippen molar-refractivity contribution in [1.82, 2.24) is 19.5 Å². The summed E-state index contributed by atoms with van der Waals surface area (Å²) in [5, 5.41) is 14.2. The van der Waals surface area contributed by atoms with E-state index in [-0.39, 0.29) is 5.75 Å². The summed E-state index contributed by atoms with van der Waals surface area (Å²) >= 11 is 0. The van der Waals surface area contributed by atoms with Crippen LogP contribution in [0.3, 0.4) is 0 Å². The van der Waals surface area contributed by atoms with Gasteiger partial charge in [0, 0.05) is 24.7 Å². The summed E-state index contributed by atoms with van der Waals surface area (Å²) in [6.45, 7) is 6.54. The molecule has 3 rings (SSSR count). The summed E-state index contributed by atoms with van der Waals surface area (Å²) in [6, 6.07) is 3.99. The van der Waals surface area contributed by atoms with Crippen molar-refractivity contribution in [3.8, 4) is 5.75 Å². The van der Waals surface area contributed by atoms with Crippen LogP contribution in [0.15, 0.2) is 18.3 Å². The van der Waals surface area contributed by atoms with E-state index in [1.807, 2.05) is 6.20 Å². The Morgan fingerprint density at radius 3 is 2.94 bits per heavy atom. The smallest absolute Gasteiger partial charge is 0.197 e. The number of hydrogen-bond acceptors (Lipinski definition) is 4. The lowest BCUT2D eigenvalue weighted by Gasteiger charge is -2.19. The number of nitrogens with zero attached hydrogens (tertiary/aromatic N) is 4. The van der Waals surface area contributed by atoms with Gasteiger partial charge in [-0.3, -0.25) is 0 Å². The first-order chi connectivity index (χ1) is 8.65. The number of likely N-dealkylation sites (tertiary alicyclic amines) is 1. The van der Waals surface area contributed by atoms with Crippen molar-refractivity contribution in [2.24, 2.45) is 0 Å². The van der Waals surface area contributed by atoms with Gasteiger partial charge in [0.2, 0.25) is 0 Å². The van der Waals surface area contributed by atoms with Crippen LogP contribution in [0.4, 0.5) is 0 Å². The molecule has 0 amide bonds. The van der Waals surface area contributed by atoms with Crippen molar-refractivity contribution in [1.29, 1.82) is 0 Å². The van der Waals surface area contributed by atoms with Crippen LogP contribution in [0.1, 0.15) is 32.0 Å². The number of pyridine rings is 1. The molecule has 1 aliphatic heterocycles. The van der Waals surface area contributed by atoms with Crippen molar-refractivity contribution in [3.05, 3.63) is 24.2 Å². The zero-order valence-corrected chi connectivity index (χ0v) is 10.7. The third-order valence-electron chi connectivity index (χ3n) is 3.67. The maximum Gasteiger partial charge on any atom is 0.197 e. The molecule has 1 aliphatic rings. The largest absolute Gasteiger partial charge is 0.504 e. The Labute approximate surface area is 106 Å². The average molecular weight is 246 g/mol. The van der Waals surface area contributed by atoms with Crippen LogP contribution in [0.2, 0.25) is 0 Å². The molecule has 1 atom stereocenters. The average Bonchev–Trinajstić information content (AvgIpc) is 2.95. The molecule has 0 spiro atoms. The second kappa shape index (κ2) is 4.24. The highest BCUT2D eigenvalue weighted by Crippen LogP contribution is 2.27. The number of hydrogen-bond donors (Lipinski definition) is 1. The van der Waals surface area contributed by atoms with E-state index in [9.17, 15) is 5.11 Å². The quantitative estimate of drug-likeness (QED) is 0.875. The van der Waals surface area contributed by atoms with E-state index in [4.69, 9.17) is 0 Å². The normalized spacial score (nSPS) is 21.2. The molecular formula is C13H18N4O. The first-order valence-corrected chi connectivity index (χ1v) is 6.43. The molecule has 2 aromatic heterocycles. The van der Waals surface area contributed by atoms with Gasteiger partial charge in [0.25, 0.3) is 0 Å². The molecule has 0 radical (unpaired) electrons. The van der Waals surface area contributed by atoms with E-state index in [1.165, 1.54) is 0 Å². The fourth-order valence-electron chi connectivity index (χ4n) is 2.55. The fraction of sp³-hybridized carbons (Fsp3) is 0.538. The number of fused-ring (bicyclic) bond motifs is 1. The maximum absolute atomic E-state index is 9.73. The van der Waals surface area contributed by atoms with Crippen LogP contribution >= 0.6 is 0 Å². The lowest BCUT2D eigenvalue weighted by atomic mass is 10.1. The topological polar surface area (TPSA) is 53.7 Å². The molecule has 1 fully saturated rings. The standard InChI is InChI=1S/C13H18N4O/c1-9(2)16-7-5-10(8-16)12-14-13-11(18)4-3-6-17(13)15-12/h3-4,6,9-10,18H,5,7-8H2,1-2H3. The summed E-state index contributed by atoms with van der Waals surface area (Å²) in [4.78, 5) is 6.90. The number of aromatic hydroxyl groups is 1. The summed E-state index contributed by atoms with van der Waals surface area (Å²) in [5.74, 6) is 1.42. The van der Waals surface area contributed by atoms with E-state index in [0.29, 0.717) is 17.6 Å². The van der Waals surface area contributed by atoms with Crippen molar-refractivity contribution < 1.29 is 5.11 Å². The SMILES string of the molecule is CC(C)N1CCC(c2nc3c(O)cccn3n2)C1. The first kappa shape index (κ1) is 11.5. The van der Waals surface area contributed by atoms with Crippen molar-refractivity contribution >= 4 is 5.65 Å². The molecule has 3 heterocycles. The highest BCUT2D eigenvalue weighted by Gasteiger charge is 2.28. The third kappa shape index (κ3) is 1.84. The number of rotatable bonds is 2. The van der Waals surface area contributed by atoms with Crippen LogP contribution in [-0.4, -0.2) is 43.7 Å². The molecular weight excluding hydrogens is 228 g/mol. The predicted molar refractivity (Wildman–Crippen MR) is 68.7 cm³/mol. The second-order valence-corrected chi connectivity index (χ2v) is 5.21. The van der Waals surface area contributed by atoms with Crippen molar-refractivity contribution in [2.75, 3.05) is 13.1 Å². The lowest BCUT2D eigenvalue weighted by molar-refractivity contribution is 0.272. The summed E-state index contributed by atoms with van der Waals surface area (Å²) in [5.41, 5.74) is 0.551. The van der Waals surface area contributed by atoms with Gasteiger partial charge in [0.05, 0.1) is 0 Å². The molecule has 1 unspecified atom stereocenters. The first-order valence-electron chi connectivity index (χ1n) is 6.43. The van der Waals surface area contributed by atoms with E-state index < -0.39 is 0 Å². The van der Waals surface area contributed by atoms with E-state index in [1.54, 1.807) is 16.6 Å². The molecule has 0 aliphatic carbocycles.